The summed E-state index contributed by atoms with van der Waals surface area (Å²) >= 11 is 7.65. The molecule has 22 heavy (non-hydrogen) atoms. The van der Waals surface area contributed by atoms with E-state index < -0.39 is 0 Å². The van der Waals surface area contributed by atoms with E-state index in [1.54, 1.807) is 23.7 Å². The maximum Gasteiger partial charge on any atom is 0.149 e. The van der Waals surface area contributed by atoms with Gasteiger partial charge in [-0.1, -0.05) is 23.7 Å². The molecule has 0 saturated heterocycles. The Morgan fingerprint density at radius 1 is 1.09 bits per heavy atom. The van der Waals surface area contributed by atoms with E-state index in [2.05, 4.69) is 26.9 Å². The Bertz CT molecular complexity index is 701. The fourth-order valence-electron chi connectivity index (χ4n) is 2.33. The second-order valence-corrected chi connectivity index (χ2v) is 6.32. The first kappa shape index (κ1) is 15.1. The van der Waals surface area contributed by atoms with Crippen LogP contribution in [0.5, 0.6) is 0 Å². The van der Waals surface area contributed by atoms with Crippen molar-refractivity contribution in [1.29, 1.82) is 0 Å². The Morgan fingerprint density at radius 2 is 1.82 bits per heavy atom. The number of benzene rings is 1. The van der Waals surface area contributed by atoms with E-state index in [0.29, 0.717) is 0 Å². The third kappa shape index (κ3) is 3.50. The second-order valence-electron chi connectivity index (χ2n) is 4.90. The smallest absolute Gasteiger partial charge is 0.149 e. The normalized spacial score (nSPS) is 12.5. The zero-order chi connectivity index (χ0) is 15.4. The van der Waals surface area contributed by atoms with Gasteiger partial charge < -0.3 is 0 Å². The predicted molar refractivity (Wildman–Crippen MR) is 88.9 cm³/mol. The lowest BCUT2D eigenvalue weighted by Gasteiger charge is -2.26. The van der Waals surface area contributed by atoms with Crippen LogP contribution in [0.25, 0.3) is 0 Å². The molecule has 4 nitrogen and oxygen atoms in total. The van der Waals surface area contributed by atoms with Crippen LogP contribution < -0.4 is 0 Å². The van der Waals surface area contributed by atoms with Gasteiger partial charge in [0.2, 0.25) is 0 Å². The van der Waals surface area contributed by atoms with Crippen molar-refractivity contribution in [2.45, 2.75) is 12.6 Å². The quantitative estimate of drug-likeness (QED) is 0.713. The highest BCUT2D eigenvalue weighted by Gasteiger charge is 2.22. The van der Waals surface area contributed by atoms with Crippen LogP contribution in [0.3, 0.4) is 0 Å². The van der Waals surface area contributed by atoms with Crippen molar-refractivity contribution in [1.82, 2.24) is 19.9 Å². The number of hydrogen-bond acceptors (Lipinski definition) is 5. The molecule has 0 amide bonds. The molecule has 0 saturated carbocycles. The highest BCUT2D eigenvalue weighted by molar-refractivity contribution is 7.09. The molecule has 0 aliphatic rings. The van der Waals surface area contributed by atoms with Crippen molar-refractivity contribution < 1.29 is 0 Å². The summed E-state index contributed by atoms with van der Waals surface area (Å²) in [6.45, 7) is 0.739. The van der Waals surface area contributed by atoms with E-state index >= 15 is 0 Å². The maximum atomic E-state index is 6.00. The topological polar surface area (TPSA) is 41.9 Å². The van der Waals surface area contributed by atoms with Crippen LogP contribution in [0.15, 0.2) is 54.3 Å². The molecule has 0 N–H and O–H groups in total. The van der Waals surface area contributed by atoms with Gasteiger partial charge in [0.1, 0.15) is 10.8 Å². The molecule has 0 bridgehead atoms. The molecule has 0 fully saturated rings. The van der Waals surface area contributed by atoms with Crippen LogP contribution in [0, 0.1) is 0 Å². The number of nitrogens with zero attached hydrogens (tertiary/aromatic N) is 4. The molecule has 2 aromatic heterocycles. The third-order valence-corrected chi connectivity index (χ3v) is 4.34. The number of halogens is 1. The minimum atomic E-state index is -0.0395. The van der Waals surface area contributed by atoms with E-state index in [4.69, 9.17) is 11.6 Å². The van der Waals surface area contributed by atoms with E-state index in [-0.39, 0.29) is 6.04 Å². The van der Waals surface area contributed by atoms with Gasteiger partial charge in [0.15, 0.2) is 0 Å². The van der Waals surface area contributed by atoms with Crippen LogP contribution in [0.1, 0.15) is 22.4 Å². The van der Waals surface area contributed by atoms with Gasteiger partial charge in [0, 0.05) is 29.0 Å². The molecule has 6 heteroatoms. The summed E-state index contributed by atoms with van der Waals surface area (Å²) in [7, 11) is 2.05. The Hall–Kier alpha value is -1.82. The van der Waals surface area contributed by atoms with Crippen molar-refractivity contribution in [3.05, 3.63) is 75.7 Å². The summed E-state index contributed by atoms with van der Waals surface area (Å²) in [5.41, 5.74) is 1.11. The fourth-order valence-corrected chi connectivity index (χ4v) is 3.14. The first-order valence-electron chi connectivity index (χ1n) is 6.85. The van der Waals surface area contributed by atoms with Gasteiger partial charge in [-0.05, 0) is 30.8 Å². The first-order chi connectivity index (χ1) is 10.7. The van der Waals surface area contributed by atoms with Crippen LogP contribution in [-0.4, -0.2) is 26.9 Å². The Labute approximate surface area is 138 Å². The summed E-state index contributed by atoms with van der Waals surface area (Å²) in [6, 6.07) is 9.60. The fraction of sp³-hybridized carbons (Fsp3) is 0.188. The van der Waals surface area contributed by atoms with Gasteiger partial charge in [-0.2, -0.15) is 0 Å². The lowest BCUT2D eigenvalue weighted by atomic mass is 10.0. The lowest BCUT2D eigenvalue weighted by molar-refractivity contribution is 0.261. The molecule has 112 valence electrons. The zero-order valence-electron chi connectivity index (χ0n) is 12.1. The molecule has 0 aliphatic carbocycles. The van der Waals surface area contributed by atoms with Crippen LogP contribution in [0.2, 0.25) is 5.02 Å². The highest BCUT2D eigenvalue weighted by Crippen LogP contribution is 2.27. The van der Waals surface area contributed by atoms with Gasteiger partial charge in [0.25, 0.3) is 0 Å². The van der Waals surface area contributed by atoms with Gasteiger partial charge in [-0.25, -0.2) is 15.0 Å². The number of aromatic nitrogens is 3. The number of rotatable bonds is 5. The van der Waals surface area contributed by atoms with E-state index in [0.717, 1.165) is 28.0 Å². The number of thiazole rings is 1. The Balaban J connectivity index is 1.93. The molecular formula is C16H15ClN4S. The maximum absolute atomic E-state index is 6.00. The molecule has 3 rings (SSSR count). The zero-order valence-corrected chi connectivity index (χ0v) is 13.6. The second kappa shape index (κ2) is 6.96. The Kier molecular flexibility index (Phi) is 4.77. The van der Waals surface area contributed by atoms with E-state index in [1.807, 2.05) is 41.9 Å². The molecule has 1 atom stereocenters. The monoisotopic (exact) mass is 330 g/mol. The van der Waals surface area contributed by atoms with E-state index in [1.165, 1.54) is 0 Å². The molecule has 2 heterocycles. The van der Waals surface area contributed by atoms with Crippen molar-refractivity contribution >= 4 is 22.9 Å². The van der Waals surface area contributed by atoms with Crippen molar-refractivity contribution in [3.8, 4) is 0 Å². The van der Waals surface area contributed by atoms with Gasteiger partial charge in [-0.3, -0.25) is 4.90 Å². The van der Waals surface area contributed by atoms with Crippen LogP contribution >= 0.6 is 22.9 Å². The summed E-state index contributed by atoms with van der Waals surface area (Å²) < 4.78 is 0. The van der Waals surface area contributed by atoms with Gasteiger partial charge >= 0.3 is 0 Å². The first-order valence-corrected chi connectivity index (χ1v) is 8.11. The van der Waals surface area contributed by atoms with Gasteiger partial charge in [0.05, 0.1) is 12.6 Å². The lowest BCUT2D eigenvalue weighted by Crippen LogP contribution is -2.26. The summed E-state index contributed by atoms with van der Waals surface area (Å²) in [5.74, 6) is 0.767. The summed E-state index contributed by atoms with van der Waals surface area (Å²) in [5, 5.41) is 3.77. The third-order valence-electron chi connectivity index (χ3n) is 3.32. The highest BCUT2D eigenvalue weighted by atomic mass is 35.5. The minimum Gasteiger partial charge on any atom is -0.286 e. The molecule has 0 spiro atoms. The van der Waals surface area contributed by atoms with Crippen molar-refractivity contribution in [2.24, 2.45) is 0 Å². The summed E-state index contributed by atoms with van der Waals surface area (Å²) in [4.78, 5) is 15.4. The van der Waals surface area contributed by atoms with Crippen LogP contribution in [0.4, 0.5) is 0 Å². The van der Waals surface area contributed by atoms with Gasteiger partial charge in [-0.15, -0.1) is 11.3 Å². The molecular weight excluding hydrogens is 316 g/mol. The van der Waals surface area contributed by atoms with E-state index in [9.17, 15) is 0 Å². The predicted octanol–water partition coefficient (Wildman–Crippen LogP) is 3.81. The standard InChI is InChI=1S/C16H15ClN4S/c1-21(11-14-18-9-10-22-14)15(16-19-7-2-8-20-16)12-3-5-13(17)6-4-12/h2-10,15H,11H2,1H3. The minimum absolute atomic E-state index is 0.0395. The molecule has 1 unspecified atom stereocenters. The largest absolute Gasteiger partial charge is 0.286 e. The Morgan fingerprint density at radius 3 is 2.45 bits per heavy atom. The average molecular weight is 331 g/mol. The molecule has 0 aliphatic heterocycles. The molecule has 1 aromatic carbocycles. The molecule has 0 radical (unpaired) electrons. The van der Waals surface area contributed by atoms with Crippen molar-refractivity contribution in [2.75, 3.05) is 7.05 Å². The SMILES string of the molecule is CN(Cc1nccs1)C(c1ccc(Cl)cc1)c1ncccn1. The number of hydrogen-bond donors (Lipinski definition) is 0. The molecule has 3 aromatic rings. The van der Waals surface area contributed by atoms with Crippen LogP contribution in [-0.2, 0) is 6.54 Å². The summed E-state index contributed by atoms with van der Waals surface area (Å²) in [6.07, 6.45) is 5.36. The average Bonchev–Trinajstić information content (AvgIpc) is 3.03. The van der Waals surface area contributed by atoms with Crippen molar-refractivity contribution in [3.63, 3.8) is 0 Å².